The van der Waals surface area contributed by atoms with E-state index in [1.54, 1.807) is 12.1 Å². The number of aliphatic hydroxyl groups excluding tert-OH is 1. The quantitative estimate of drug-likeness (QED) is 0.714. The van der Waals surface area contributed by atoms with Gasteiger partial charge < -0.3 is 14.9 Å². The molecule has 3 nitrogen and oxygen atoms in total. The second-order valence-corrected chi connectivity index (χ2v) is 2.38. The highest BCUT2D eigenvalue weighted by Crippen LogP contribution is 2.22. The van der Waals surface area contributed by atoms with Gasteiger partial charge >= 0.3 is 0 Å². The third-order valence-electron chi connectivity index (χ3n) is 1.53. The van der Waals surface area contributed by atoms with Crippen molar-refractivity contribution >= 4 is 0 Å². The van der Waals surface area contributed by atoms with Crippen molar-refractivity contribution in [2.24, 2.45) is 0 Å². The summed E-state index contributed by atoms with van der Waals surface area (Å²) in [7, 11) is 0. The van der Waals surface area contributed by atoms with Gasteiger partial charge in [-0.3, -0.25) is 0 Å². The van der Waals surface area contributed by atoms with Crippen LogP contribution in [0.3, 0.4) is 0 Å². The Kier molecular flexibility index (Phi) is 2.94. The van der Waals surface area contributed by atoms with Crippen LogP contribution >= 0.6 is 0 Å². The molecule has 0 unspecified atom stereocenters. The average molecular weight is 168 g/mol. The lowest BCUT2D eigenvalue weighted by Crippen LogP contribution is -1.92. The summed E-state index contributed by atoms with van der Waals surface area (Å²) in [6.45, 7) is 2.29. The zero-order chi connectivity index (χ0) is 8.97. The van der Waals surface area contributed by atoms with Crippen molar-refractivity contribution < 1.29 is 14.9 Å². The highest BCUT2D eigenvalue weighted by Gasteiger charge is 2.00. The second-order valence-electron chi connectivity index (χ2n) is 2.38. The monoisotopic (exact) mass is 168 g/mol. The van der Waals surface area contributed by atoms with Crippen molar-refractivity contribution in [3.63, 3.8) is 0 Å². The summed E-state index contributed by atoms with van der Waals surface area (Å²) in [6, 6.07) is 4.80. The van der Waals surface area contributed by atoms with Gasteiger partial charge in [-0.05, 0) is 25.1 Å². The van der Waals surface area contributed by atoms with Crippen molar-refractivity contribution in [3.05, 3.63) is 23.8 Å². The van der Waals surface area contributed by atoms with E-state index in [4.69, 9.17) is 9.84 Å². The molecule has 2 N–H and O–H groups in total. The van der Waals surface area contributed by atoms with Crippen LogP contribution in [-0.4, -0.2) is 16.8 Å². The Balaban J connectivity index is 2.89. The fourth-order valence-corrected chi connectivity index (χ4v) is 0.945. The van der Waals surface area contributed by atoms with E-state index in [1.807, 2.05) is 6.92 Å². The molecule has 1 rings (SSSR count). The third kappa shape index (κ3) is 1.89. The van der Waals surface area contributed by atoms with Crippen molar-refractivity contribution in [2.45, 2.75) is 13.5 Å². The lowest BCUT2D eigenvalue weighted by molar-refractivity contribution is 0.273. The number of ether oxygens (including phenoxy) is 1. The molecule has 0 radical (unpaired) electrons. The minimum atomic E-state index is -0.174. The Morgan fingerprint density at radius 2 is 2.17 bits per heavy atom. The van der Waals surface area contributed by atoms with Gasteiger partial charge in [-0.25, -0.2) is 0 Å². The molecule has 0 heterocycles. The van der Waals surface area contributed by atoms with Crippen LogP contribution in [0.5, 0.6) is 11.5 Å². The molecule has 0 aliphatic carbocycles. The summed E-state index contributed by atoms with van der Waals surface area (Å²) in [5, 5.41) is 18.0. The third-order valence-corrected chi connectivity index (χ3v) is 1.53. The maximum Gasteiger partial charge on any atom is 0.121 e. The first kappa shape index (κ1) is 8.87. The lowest BCUT2D eigenvalue weighted by Gasteiger charge is -2.05. The minimum absolute atomic E-state index is 0.0981. The highest BCUT2D eigenvalue weighted by molar-refractivity contribution is 5.38. The Labute approximate surface area is 71.2 Å². The smallest absolute Gasteiger partial charge is 0.121 e. The first-order valence-corrected chi connectivity index (χ1v) is 3.83. The molecule has 0 spiro atoms. The Morgan fingerprint density at radius 3 is 2.75 bits per heavy atom. The number of hydrogen-bond donors (Lipinski definition) is 2. The van der Waals surface area contributed by atoms with Gasteiger partial charge in [0.05, 0.1) is 13.2 Å². The first-order valence-electron chi connectivity index (χ1n) is 3.83. The van der Waals surface area contributed by atoms with E-state index in [9.17, 15) is 5.11 Å². The molecule has 0 saturated carbocycles. The van der Waals surface area contributed by atoms with E-state index in [2.05, 4.69) is 0 Å². The summed E-state index contributed by atoms with van der Waals surface area (Å²) in [4.78, 5) is 0. The van der Waals surface area contributed by atoms with Crippen LogP contribution in [0.2, 0.25) is 0 Å². The van der Waals surface area contributed by atoms with E-state index in [-0.39, 0.29) is 12.4 Å². The molecule has 0 amide bonds. The standard InChI is InChI=1S/C9H12O3/c1-2-12-8-3-4-9(11)7(5-8)6-10/h3-5,10-11H,2,6H2,1H3. The van der Waals surface area contributed by atoms with E-state index in [0.29, 0.717) is 17.9 Å². The summed E-state index contributed by atoms with van der Waals surface area (Å²) in [5.41, 5.74) is 0.487. The fraction of sp³-hybridized carbons (Fsp3) is 0.333. The minimum Gasteiger partial charge on any atom is -0.508 e. The average Bonchev–Trinajstić information content (AvgIpc) is 2.09. The van der Waals surface area contributed by atoms with Gasteiger partial charge in [0.15, 0.2) is 0 Å². The molecule has 66 valence electrons. The molecule has 1 aromatic carbocycles. The molecule has 1 aromatic rings. The number of rotatable bonds is 3. The Morgan fingerprint density at radius 1 is 1.42 bits per heavy atom. The van der Waals surface area contributed by atoms with Gasteiger partial charge in [0.1, 0.15) is 11.5 Å². The maximum absolute atomic E-state index is 9.19. The zero-order valence-corrected chi connectivity index (χ0v) is 6.95. The molecule has 12 heavy (non-hydrogen) atoms. The molecule has 0 aliphatic rings. The van der Waals surface area contributed by atoms with Gasteiger partial charge in [0.2, 0.25) is 0 Å². The number of aliphatic hydroxyl groups is 1. The van der Waals surface area contributed by atoms with E-state index < -0.39 is 0 Å². The van der Waals surface area contributed by atoms with Crippen molar-refractivity contribution in [3.8, 4) is 11.5 Å². The van der Waals surface area contributed by atoms with Crippen LogP contribution in [0, 0.1) is 0 Å². The molecule has 0 fully saturated rings. The summed E-state index contributed by atoms with van der Waals surface area (Å²) < 4.78 is 5.18. The molecule has 0 atom stereocenters. The van der Waals surface area contributed by atoms with Gasteiger partial charge in [-0.15, -0.1) is 0 Å². The predicted octanol–water partition coefficient (Wildman–Crippen LogP) is 1.28. The predicted molar refractivity (Wildman–Crippen MR) is 45.2 cm³/mol. The maximum atomic E-state index is 9.19. The molecule has 0 aliphatic heterocycles. The summed E-state index contributed by atoms with van der Waals surface area (Å²) >= 11 is 0. The van der Waals surface area contributed by atoms with Gasteiger partial charge in [-0.1, -0.05) is 0 Å². The number of benzene rings is 1. The Hall–Kier alpha value is -1.22. The summed E-state index contributed by atoms with van der Waals surface area (Å²) in [6.07, 6.45) is 0. The SMILES string of the molecule is CCOc1ccc(O)c(CO)c1. The van der Waals surface area contributed by atoms with Crippen molar-refractivity contribution in [1.82, 2.24) is 0 Å². The van der Waals surface area contributed by atoms with Crippen molar-refractivity contribution in [2.75, 3.05) is 6.61 Å². The van der Waals surface area contributed by atoms with Crippen LogP contribution in [0.15, 0.2) is 18.2 Å². The van der Waals surface area contributed by atoms with Crippen LogP contribution in [0.4, 0.5) is 0 Å². The highest BCUT2D eigenvalue weighted by atomic mass is 16.5. The molecule has 0 saturated heterocycles. The van der Waals surface area contributed by atoms with Gasteiger partial charge in [0.25, 0.3) is 0 Å². The zero-order valence-electron chi connectivity index (χ0n) is 6.95. The van der Waals surface area contributed by atoms with Crippen LogP contribution in [0.25, 0.3) is 0 Å². The summed E-state index contributed by atoms with van der Waals surface area (Å²) in [5.74, 6) is 0.764. The lowest BCUT2D eigenvalue weighted by atomic mass is 10.2. The van der Waals surface area contributed by atoms with E-state index in [0.717, 1.165) is 0 Å². The second kappa shape index (κ2) is 3.97. The molecule has 0 aromatic heterocycles. The molecular formula is C9H12O3. The number of aromatic hydroxyl groups is 1. The Bertz CT molecular complexity index is 258. The number of hydrogen-bond acceptors (Lipinski definition) is 3. The normalized spacial score (nSPS) is 9.83. The van der Waals surface area contributed by atoms with Crippen LogP contribution in [0.1, 0.15) is 12.5 Å². The van der Waals surface area contributed by atoms with Crippen LogP contribution < -0.4 is 4.74 Å². The van der Waals surface area contributed by atoms with Crippen LogP contribution in [-0.2, 0) is 6.61 Å². The first-order chi connectivity index (χ1) is 5.77. The van der Waals surface area contributed by atoms with Gasteiger partial charge in [-0.2, -0.15) is 0 Å². The van der Waals surface area contributed by atoms with Gasteiger partial charge in [0, 0.05) is 5.56 Å². The molecule has 0 bridgehead atoms. The fourth-order valence-electron chi connectivity index (χ4n) is 0.945. The topological polar surface area (TPSA) is 49.7 Å². The molecular weight excluding hydrogens is 156 g/mol. The largest absolute Gasteiger partial charge is 0.508 e. The van der Waals surface area contributed by atoms with E-state index in [1.165, 1.54) is 6.07 Å². The van der Waals surface area contributed by atoms with E-state index >= 15 is 0 Å². The van der Waals surface area contributed by atoms with Crippen molar-refractivity contribution in [1.29, 1.82) is 0 Å². The number of phenols is 1. The molecule has 3 heteroatoms.